The molecule has 13 heavy (non-hydrogen) atoms. The number of amides is 1. The summed E-state index contributed by atoms with van der Waals surface area (Å²) in [4.78, 5) is 24.7. The van der Waals surface area contributed by atoms with Crippen molar-refractivity contribution in [1.29, 1.82) is 0 Å². The summed E-state index contributed by atoms with van der Waals surface area (Å²) in [5.41, 5.74) is 0. The second kappa shape index (κ2) is 2.81. The average molecular weight is 194 g/mol. The van der Waals surface area contributed by atoms with E-state index in [9.17, 15) is 4.79 Å². The number of nitrogens with zero attached hydrogens (tertiary/aromatic N) is 4. The predicted octanol–water partition coefficient (Wildman–Crippen LogP) is -0.334. The third-order valence-corrected chi connectivity index (χ3v) is 2.18. The topological polar surface area (TPSA) is 57.4 Å². The summed E-state index contributed by atoms with van der Waals surface area (Å²) in [5, 5.41) is 0.241. The molecule has 0 saturated carbocycles. The van der Waals surface area contributed by atoms with E-state index >= 15 is 0 Å². The van der Waals surface area contributed by atoms with E-state index in [1.54, 1.807) is 7.05 Å². The summed E-state index contributed by atoms with van der Waals surface area (Å²) in [6.45, 7) is 0. The molecule has 0 radical (unpaired) electrons. The fourth-order valence-corrected chi connectivity index (χ4v) is 1.27. The highest BCUT2D eigenvalue weighted by atomic mass is 32.1. The van der Waals surface area contributed by atoms with Gasteiger partial charge in [0.05, 0.1) is 0 Å². The summed E-state index contributed by atoms with van der Waals surface area (Å²) in [7, 11) is 1.58. The van der Waals surface area contributed by atoms with Crippen molar-refractivity contribution in [2.45, 2.75) is 6.04 Å². The van der Waals surface area contributed by atoms with Crippen LogP contribution in [0.15, 0.2) is 15.0 Å². The number of carbonyl (C=O) groups is 1. The minimum Gasteiger partial charge on any atom is -0.288 e. The van der Waals surface area contributed by atoms with Gasteiger partial charge in [0.1, 0.15) is 0 Å². The van der Waals surface area contributed by atoms with Crippen LogP contribution in [-0.4, -0.2) is 47.3 Å². The zero-order chi connectivity index (χ0) is 9.42. The van der Waals surface area contributed by atoms with E-state index in [1.165, 1.54) is 17.3 Å². The molecule has 2 aliphatic heterocycles. The summed E-state index contributed by atoms with van der Waals surface area (Å²) in [6, 6.07) is -0.596. The summed E-state index contributed by atoms with van der Waals surface area (Å²) in [5.74, 6) is 0.207. The maximum Gasteiger partial charge on any atom is 0.261 e. The summed E-state index contributed by atoms with van der Waals surface area (Å²) in [6.07, 6.45) is 2.99. The van der Waals surface area contributed by atoms with E-state index in [0.717, 1.165) is 0 Å². The van der Waals surface area contributed by atoms with E-state index in [4.69, 9.17) is 12.2 Å². The number of likely N-dealkylation sites (N-methyl/N-ethyl adjacent to an activating group) is 1. The van der Waals surface area contributed by atoms with Crippen LogP contribution in [0.3, 0.4) is 0 Å². The van der Waals surface area contributed by atoms with E-state index < -0.39 is 6.04 Å². The van der Waals surface area contributed by atoms with Crippen molar-refractivity contribution in [2.24, 2.45) is 15.0 Å². The lowest BCUT2D eigenvalue weighted by Crippen LogP contribution is -2.47. The van der Waals surface area contributed by atoms with Gasteiger partial charge in [0.25, 0.3) is 5.91 Å². The molecule has 2 aliphatic rings. The van der Waals surface area contributed by atoms with Gasteiger partial charge in [-0.25, -0.2) is 9.98 Å². The Hall–Kier alpha value is -1.43. The van der Waals surface area contributed by atoms with Crippen LogP contribution in [0.25, 0.3) is 0 Å². The highest BCUT2D eigenvalue weighted by Crippen LogP contribution is 2.11. The Morgan fingerprint density at radius 3 is 3.08 bits per heavy atom. The molecule has 0 aliphatic carbocycles. The van der Waals surface area contributed by atoms with Gasteiger partial charge < -0.3 is 0 Å². The Labute approximate surface area is 79.9 Å². The predicted molar refractivity (Wildman–Crippen MR) is 53.6 cm³/mol. The monoisotopic (exact) mass is 194 g/mol. The third kappa shape index (κ3) is 1.19. The van der Waals surface area contributed by atoms with Gasteiger partial charge in [-0.2, -0.15) is 0 Å². The maximum atomic E-state index is 11.5. The molecule has 0 N–H and O–H groups in total. The van der Waals surface area contributed by atoms with E-state index in [2.05, 4.69) is 15.0 Å². The summed E-state index contributed by atoms with van der Waals surface area (Å²) < 4.78 is 0. The number of hydrogen-bond donors (Lipinski definition) is 0. The quantitative estimate of drug-likeness (QED) is 0.495. The zero-order valence-electron chi connectivity index (χ0n) is 6.84. The number of carbonyl (C=O) groups excluding carboxylic acids is 1. The van der Waals surface area contributed by atoms with Gasteiger partial charge in [-0.1, -0.05) is 0 Å². The number of hydrogen-bond acceptors (Lipinski definition) is 4. The Morgan fingerprint density at radius 2 is 2.31 bits per heavy atom. The Morgan fingerprint density at radius 1 is 1.54 bits per heavy atom. The highest BCUT2D eigenvalue weighted by Gasteiger charge is 2.33. The van der Waals surface area contributed by atoms with Gasteiger partial charge in [-0.15, -0.1) is 0 Å². The van der Waals surface area contributed by atoms with Crippen LogP contribution < -0.4 is 0 Å². The highest BCUT2D eigenvalue weighted by molar-refractivity contribution is 7.80. The SMILES string of the molecule is CN1C(=O)C2N=CC=NC2=NC1=S. The fraction of sp³-hybridized carbons (Fsp3) is 0.286. The second-order valence-electron chi connectivity index (χ2n) is 2.63. The molecule has 66 valence electrons. The molecule has 2 heterocycles. The molecule has 0 aromatic heterocycles. The normalized spacial score (nSPS) is 26.1. The first-order chi connectivity index (χ1) is 6.20. The van der Waals surface area contributed by atoms with Gasteiger partial charge in [0.15, 0.2) is 11.9 Å². The van der Waals surface area contributed by atoms with Gasteiger partial charge >= 0.3 is 0 Å². The largest absolute Gasteiger partial charge is 0.288 e. The molecule has 1 amide bonds. The van der Waals surface area contributed by atoms with Crippen LogP contribution in [0.5, 0.6) is 0 Å². The molecule has 0 spiro atoms. The molecule has 0 aromatic carbocycles. The molecule has 0 fully saturated rings. The van der Waals surface area contributed by atoms with Crippen LogP contribution in [0.1, 0.15) is 0 Å². The van der Waals surface area contributed by atoms with Crippen molar-refractivity contribution >= 4 is 41.5 Å². The minimum atomic E-state index is -0.596. The number of amidine groups is 1. The zero-order valence-corrected chi connectivity index (χ0v) is 7.65. The Bertz CT molecular complexity index is 371. The first-order valence-electron chi connectivity index (χ1n) is 3.66. The Balaban J connectivity index is 2.46. The standard InChI is InChI=1S/C7H6N4OS/c1-11-6(12)4-5(10-7(11)13)9-3-2-8-4/h2-4H,1H3. The molecule has 0 bridgehead atoms. The minimum absolute atomic E-state index is 0.178. The van der Waals surface area contributed by atoms with Gasteiger partial charge in [-0.3, -0.25) is 14.7 Å². The van der Waals surface area contributed by atoms with E-state index in [1.807, 2.05) is 0 Å². The lowest BCUT2D eigenvalue weighted by atomic mass is 10.2. The third-order valence-electron chi connectivity index (χ3n) is 1.81. The van der Waals surface area contributed by atoms with Crippen molar-refractivity contribution in [3.05, 3.63) is 0 Å². The molecule has 6 heteroatoms. The van der Waals surface area contributed by atoms with E-state index in [-0.39, 0.29) is 11.0 Å². The number of aliphatic imine (C=N–C) groups is 3. The molecule has 1 atom stereocenters. The van der Waals surface area contributed by atoms with Crippen molar-refractivity contribution < 1.29 is 4.79 Å². The average Bonchev–Trinajstić information content (AvgIpc) is 2.15. The van der Waals surface area contributed by atoms with Crippen molar-refractivity contribution in [3.63, 3.8) is 0 Å². The van der Waals surface area contributed by atoms with Crippen LogP contribution in [0.4, 0.5) is 0 Å². The molecule has 0 aromatic rings. The van der Waals surface area contributed by atoms with E-state index in [0.29, 0.717) is 5.84 Å². The molecule has 2 rings (SSSR count). The van der Waals surface area contributed by atoms with Gasteiger partial charge in [-0.05, 0) is 12.2 Å². The van der Waals surface area contributed by atoms with Crippen molar-refractivity contribution in [1.82, 2.24) is 4.90 Å². The molecule has 1 unspecified atom stereocenters. The molecular formula is C7H6N4OS. The second-order valence-corrected chi connectivity index (χ2v) is 2.99. The Kier molecular flexibility index (Phi) is 1.77. The van der Waals surface area contributed by atoms with Crippen LogP contribution >= 0.6 is 12.2 Å². The van der Waals surface area contributed by atoms with Crippen LogP contribution in [-0.2, 0) is 4.79 Å². The van der Waals surface area contributed by atoms with Crippen LogP contribution in [0, 0.1) is 0 Å². The van der Waals surface area contributed by atoms with Crippen molar-refractivity contribution in [3.8, 4) is 0 Å². The van der Waals surface area contributed by atoms with Gasteiger partial charge in [0.2, 0.25) is 5.11 Å². The first-order valence-corrected chi connectivity index (χ1v) is 4.07. The summed E-state index contributed by atoms with van der Waals surface area (Å²) >= 11 is 4.87. The van der Waals surface area contributed by atoms with Crippen molar-refractivity contribution in [2.75, 3.05) is 7.05 Å². The molecular weight excluding hydrogens is 188 g/mol. The maximum absolute atomic E-state index is 11.5. The smallest absolute Gasteiger partial charge is 0.261 e. The number of rotatable bonds is 0. The fourth-order valence-electron chi connectivity index (χ4n) is 1.09. The lowest BCUT2D eigenvalue weighted by molar-refractivity contribution is -0.126. The first kappa shape index (κ1) is 8.18. The number of thiocarbonyl (C=S) groups is 1. The van der Waals surface area contributed by atoms with Crippen LogP contribution in [0.2, 0.25) is 0 Å². The molecule has 0 saturated heterocycles. The lowest BCUT2D eigenvalue weighted by Gasteiger charge is -2.25. The van der Waals surface area contributed by atoms with Gasteiger partial charge in [0, 0.05) is 19.5 Å². The number of fused-ring (bicyclic) bond motifs is 1. The molecule has 5 nitrogen and oxygen atoms in total.